The van der Waals surface area contributed by atoms with E-state index in [0.717, 1.165) is 5.01 Å². The maximum Gasteiger partial charge on any atom is 0.398 e. The molecule has 0 radical (unpaired) electrons. The number of likely N-dealkylation sites (tertiary alicyclic amines) is 1. The number of H-pyrrole nitrogens is 1. The van der Waals surface area contributed by atoms with E-state index in [1.165, 1.54) is 29.7 Å². The third-order valence-electron chi connectivity index (χ3n) is 6.79. The Bertz CT molecular complexity index is 1270. The number of hydrogen-bond donors (Lipinski definition) is 2. The third-order valence-corrected chi connectivity index (χ3v) is 7.80. The summed E-state index contributed by atoms with van der Waals surface area (Å²) in [5.74, 6) is -2.00. The van der Waals surface area contributed by atoms with Crippen molar-refractivity contribution < 1.29 is 32.3 Å². The molecule has 1 aliphatic rings. The van der Waals surface area contributed by atoms with Crippen LogP contribution in [0.3, 0.4) is 0 Å². The fourth-order valence-electron chi connectivity index (χ4n) is 4.50. The Hall–Kier alpha value is -3.67. The highest BCUT2D eigenvalue weighted by atomic mass is 32.1. The van der Waals surface area contributed by atoms with Gasteiger partial charge in [0, 0.05) is 61.2 Å². The first-order chi connectivity index (χ1) is 18.7. The lowest BCUT2D eigenvalue weighted by molar-refractivity contribution is -0.149. The SMILES string of the molecule is COc1ccc(C(=O)CCC(=O)N2CCC(c3nc(C(=O)NCC(c4ccc[nH]4)C(F)(F)F)cs3)CC2)cc1. The zero-order valence-electron chi connectivity index (χ0n) is 21.3. The predicted molar refractivity (Wildman–Crippen MR) is 139 cm³/mol. The van der Waals surface area contributed by atoms with Gasteiger partial charge < -0.3 is 19.9 Å². The number of ketones is 1. The van der Waals surface area contributed by atoms with E-state index in [-0.39, 0.29) is 41.8 Å². The normalized spacial score (nSPS) is 15.1. The number of ether oxygens (including phenoxy) is 1. The van der Waals surface area contributed by atoms with E-state index in [0.29, 0.717) is 37.2 Å². The number of rotatable bonds is 10. The number of thiazole rings is 1. The number of carbonyl (C=O) groups excluding carboxylic acids is 3. The lowest BCUT2D eigenvalue weighted by Crippen LogP contribution is -2.38. The highest BCUT2D eigenvalue weighted by Crippen LogP contribution is 2.34. The Morgan fingerprint density at radius 2 is 1.87 bits per heavy atom. The van der Waals surface area contributed by atoms with Crippen molar-refractivity contribution >= 4 is 28.9 Å². The summed E-state index contributed by atoms with van der Waals surface area (Å²) in [6, 6.07) is 9.57. The summed E-state index contributed by atoms with van der Waals surface area (Å²) in [4.78, 5) is 46.2. The van der Waals surface area contributed by atoms with Crippen molar-refractivity contribution in [3.05, 3.63) is 69.9 Å². The number of Topliss-reactive ketones (excluding diaryl/α,β-unsaturated/α-hetero) is 1. The predicted octanol–water partition coefficient (Wildman–Crippen LogP) is 4.92. The van der Waals surface area contributed by atoms with Crippen molar-refractivity contribution in [2.75, 3.05) is 26.7 Å². The number of aromatic amines is 1. The van der Waals surface area contributed by atoms with Gasteiger partial charge in [0.15, 0.2) is 5.78 Å². The number of nitrogens with zero attached hydrogens (tertiary/aromatic N) is 2. The fourth-order valence-corrected chi connectivity index (χ4v) is 5.47. The van der Waals surface area contributed by atoms with Gasteiger partial charge in [0.1, 0.15) is 17.4 Å². The molecular weight excluding hydrogens is 533 g/mol. The molecule has 2 aromatic heterocycles. The molecule has 1 aromatic carbocycles. The second-order valence-corrected chi connectivity index (χ2v) is 10.2. The van der Waals surface area contributed by atoms with Crippen LogP contribution in [0, 0.1) is 0 Å². The number of benzene rings is 1. The lowest BCUT2D eigenvalue weighted by Gasteiger charge is -2.31. The van der Waals surface area contributed by atoms with Crippen LogP contribution in [0.2, 0.25) is 0 Å². The van der Waals surface area contributed by atoms with Gasteiger partial charge in [0.2, 0.25) is 5.91 Å². The van der Waals surface area contributed by atoms with Gasteiger partial charge in [0.25, 0.3) is 5.91 Å². The van der Waals surface area contributed by atoms with Crippen LogP contribution in [0.4, 0.5) is 13.2 Å². The quantitative estimate of drug-likeness (QED) is 0.341. The third kappa shape index (κ3) is 7.25. The number of amides is 2. The highest BCUT2D eigenvalue weighted by molar-refractivity contribution is 7.09. The Kier molecular flexibility index (Phi) is 9.05. The monoisotopic (exact) mass is 562 g/mol. The zero-order valence-corrected chi connectivity index (χ0v) is 22.1. The first-order valence-electron chi connectivity index (χ1n) is 12.5. The van der Waals surface area contributed by atoms with Crippen molar-refractivity contribution in [2.24, 2.45) is 0 Å². The molecule has 1 fully saturated rings. The standard InChI is InChI=1S/C27H29F3N4O4S/c1-38-19-6-4-17(5-7-19)23(35)8-9-24(36)34-13-10-18(11-14-34)26-33-22(16-39-26)25(37)32-15-20(27(28,29)30)21-3-2-12-31-21/h2-7,12,16,18,20,31H,8-11,13-15H2,1H3,(H,32,37). The van der Waals surface area contributed by atoms with E-state index in [9.17, 15) is 27.6 Å². The number of piperidine rings is 1. The molecule has 3 heterocycles. The zero-order chi connectivity index (χ0) is 28.0. The van der Waals surface area contributed by atoms with E-state index in [1.54, 1.807) is 41.7 Å². The van der Waals surface area contributed by atoms with Gasteiger partial charge in [-0.05, 0) is 49.2 Å². The smallest absolute Gasteiger partial charge is 0.398 e. The van der Waals surface area contributed by atoms with Crippen LogP contribution < -0.4 is 10.1 Å². The minimum atomic E-state index is -4.51. The van der Waals surface area contributed by atoms with E-state index < -0.39 is 24.5 Å². The second-order valence-electron chi connectivity index (χ2n) is 9.31. The van der Waals surface area contributed by atoms with E-state index in [2.05, 4.69) is 15.3 Å². The van der Waals surface area contributed by atoms with Gasteiger partial charge >= 0.3 is 6.18 Å². The van der Waals surface area contributed by atoms with Gasteiger partial charge in [-0.15, -0.1) is 11.3 Å². The molecule has 1 saturated heterocycles. The molecule has 12 heteroatoms. The molecule has 4 rings (SSSR count). The van der Waals surface area contributed by atoms with Crippen molar-refractivity contribution in [1.82, 2.24) is 20.2 Å². The molecule has 208 valence electrons. The maximum absolute atomic E-state index is 13.4. The van der Waals surface area contributed by atoms with E-state index in [1.807, 2.05) is 0 Å². The Morgan fingerprint density at radius 3 is 2.49 bits per heavy atom. The number of carbonyl (C=O) groups is 3. The topological polar surface area (TPSA) is 104 Å². The van der Waals surface area contributed by atoms with Gasteiger partial charge in [-0.25, -0.2) is 4.98 Å². The molecule has 1 atom stereocenters. The molecule has 0 bridgehead atoms. The molecule has 3 aromatic rings. The van der Waals surface area contributed by atoms with Crippen LogP contribution in [0.1, 0.15) is 69.1 Å². The van der Waals surface area contributed by atoms with Crippen LogP contribution in [-0.4, -0.2) is 65.4 Å². The van der Waals surface area contributed by atoms with Crippen LogP contribution in [0.25, 0.3) is 0 Å². The molecule has 1 unspecified atom stereocenters. The summed E-state index contributed by atoms with van der Waals surface area (Å²) in [7, 11) is 1.55. The van der Waals surface area contributed by atoms with E-state index >= 15 is 0 Å². The summed E-state index contributed by atoms with van der Waals surface area (Å²) in [5.41, 5.74) is 0.593. The van der Waals surface area contributed by atoms with Crippen molar-refractivity contribution in [2.45, 2.75) is 43.7 Å². The summed E-state index contributed by atoms with van der Waals surface area (Å²) in [6.07, 6.45) is -1.57. The summed E-state index contributed by atoms with van der Waals surface area (Å²) in [6.45, 7) is 0.409. The van der Waals surface area contributed by atoms with Gasteiger partial charge in [-0.1, -0.05) is 0 Å². The maximum atomic E-state index is 13.4. The van der Waals surface area contributed by atoms with Crippen molar-refractivity contribution in [1.29, 1.82) is 0 Å². The minimum Gasteiger partial charge on any atom is -0.497 e. The summed E-state index contributed by atoms with van der Waals surface area (Å²) < 4.78 is 45.4. The lowest BCUT2D eigenvalue weighted by atomic mass is 9.97. The van der Waals surface area contributed by atoms with Gasteiger partial charge in [-0.2, -0.15) is 13.2 Å². The van der Waals surface area contributed by atoms with Crippen LogP contribution >= 0.6 is 11.3 Å². The molecule has 0 saturated carbocycles. The Morgan fingerprint density at radius 1 is 1.15 bits per heavy atom. The molecule has 1 aliphatic heterocycles. The first kappa shape index (κ1) is 28.3. The second kappa shape index (κ2) is 12.5. The number of aromatic nitrogens is 2. The number of alkyl halides is 3. The number of methoxy groups -OCH3 is 1. The van der Waals surface area contributed by atoms with E-state index in [4.69, 9.17) is 4.74 Å². The molecular formula is C27H29F3N4O4S. The highest BCUT2D eigenvalue weighted by Gasteiger charge is 2.41. The average molecular weight is 563 g/mol. The summed E-state index contributed by atoms with van der Waals surface area (Å²) in [5, 5.41) is 4.62. The molecule has 8 nitrogen and oxygen atoms in total. The average Bonchev–Trinajstić information content (AvgIpc) is 3.64. The van der Waals surface area contributed by atoms with Crippen LogP contribution in [-0.2, 0) is 4.79 Å². The Labute approximate surface area is 227 Å². The Balaban J connectivity index is 1.24. The van der Waals surface area contributed by atoms with Gasteiger partial charge in [-0.3, -0.25) is 14.4 Å². The van der Waals surface area contributed by atoms with Crippen molar-refractivity contribution in [3.63, 3.8) is 0 Å². The van der Waals surface area contributed by atoms with Crippen LogP contribution in [0.15, 0.2) is 48.0 Å². The summed E-state index contributed by atoms with van der Waals surface area (Å²) >= 11 is 1.29. The number of nitrogens with one attached hydrogen (secondary N) is 2. The fraction of sp³-hybridized carbons (Fsp3) is 0.407. The molecule has 0 aliphatic carbocycles. The first-order valence-corrected chi connectivity index (χ1v) is 13.4. The largest absolute Gasteiger partial charge is 0.497 e. The number of hydrogen-bond acceptors (Lipinski definition) is 6. The van der Waals surface area contributed by atoms with Crippen molar-refractivity contribution in [3.8, 4) is 5.75 Å². The molecule has 0 spiro atoms. The molecule has 2 amide bonds. The number of halogens is 3. The van der Waals surface area contributed by atoms with Crippen LogP contribution in [0.5, 0.6) is 5.75 Å². The molecule has 39 heavy (non-hydrogen) atoms. The molecule has 2 N–H and O–H groups in total. The minimum absolute atomic E-state index is 0.0202. The van der Waals surface area contributed by atoms with Gasteiger partial charge in [0.05, 0.1) is 12.1 Å².